The number of fused-ring (bicyclic) bond motifs is 5. The number of aromatic nitrogens is 1. The number of ketones is 1. The number of alkyl carbamates (subject to hydrolysis) is 1. The van der Waals surface area contributed by atoms with Gasteiger partial charge in [-0.3, -0.25) is 19.2 Å². The van der Waals surface area contributed by atoms with E-state index in [2.05, 4.69) is 15.6 Å². The van der Waals surface area contributed by atoms with Gasteiger partial charge in [0.1, 0.15) is 53.7 Å². The minimum absolute atomic E-state index is 0.0637. The van der Waals surface area contributed by atoms with E-state index in [0.717, 1.165) is 6.92 Å². The Hall–Kier alpha value is -7.63. The topological polar surface area (TPSA) is 324 Å². The van der Waals surface area contributed by atoms with Gasteiger partial charge in [0.2, 0.25) is 0 Å². The number of carbonyl (C=O) groups excluding carboxylic acids is 6. The van der Waals surface area contributed by atoms with Crippen LogP contribution < -0.4 is 10.6 Å². The summed E-state index contributed by atoms with van der Waals surface area (Å²) in [4.78, 5) is 94.7. The Morgan fingerprint density at radius 1 is 0.911 bits per heavy atom. The molecule has 11 atom stereocenters. The summed E-state index contributed by atoms with van der Waals surface area (Å²) in [6.45, 7) is 11.2. The van der Waals surface area contributed by atoms with Crippen molar-refractivity contribution in [1.82, 2.24) is 15.6 Å². The number of esters is 3. The van der Waals surface area contributed by atoms with Crippen LogP contribution in [-0.4, -0.2) is 144 Å². The fourth-order valence-corrected chi connectivity index (χ4v) is 11.3. The molecule has 8 rings (SSSR count). The molecular weight excluding hydrogens is 1030 g/mol. The first kappa shape index (κ1) is 59.0. The smallest absolute Gasteiger partial charge is 0.408 e. The van der Waals surface area contributed by atoms with Gasteiger partial charge >= 0.3 is 30.0 Å². The summed E-state index contributed by atoms with van der Waals surface area (Å²) in [5.74, 6) is -8.23. The average Bonchev–Trinajstić information content (AvgIpc) is 2.60. The summed E-state index contributed by atoms with van der Waals surface area (Å²) in [6.07, 6.45) is -10.2. The minimum atomic E-state index is -2.35. The van der Waals surface area contributed by atoms with Crippen molar-refractivity contribution in [2.45, 2.75) is 128 Å². The lowest BCUT2D eigenvalue weighted by Gasteiger charge is -2.67. The summed E-state index contributed by atoms with van der Waals surface area (Å²) in [6, 6.07) is 21.6. The molecule has 2 bridgehead atoms. The highest BCUT2D eigenvalue weighted by atomic mass is 19.1. The van der Waals surface area contributed by atoms with Crippen molar-refractivity contribution in [3.8, 4) is 16.9 Å². The quantitative estimate of drug-likeness (QED) is 0.0543. The van der Waals surface area contributed by atoms with Crippen LogP contribution in [0.1, 0.15) is 101 Å². The highest BCUT2D eigenvalue weighted by Crippen LogP contribution is 2.64. The second-order valence-corrected chi connectivity index (χ2v) is 21.8. The number of Topliss-reactive ketones (excluding diaryl/α,β-unsaturated/α-hetero) is 1. The zero-order chi connectivity index (χ0) is 58.2. The fraction of sp³-hybridized carbons (Fsp3) is 0.439. The maximum Gasteiger partial charge on any atom is 0.408 e. The first-order valence-corrected chi connectivity index (χ1v) is 25.3. The predicted octanol–water partition coefficient (Wildman–Crippen LogP) is 4.67. The summed E-state index contributed by atoms with van der Waals surface area (Å²) in [5, 5.41) is 71.9. The maximum absolute atomic E-state index is 14.9. The number of pyridine rings is 1. The van der Waals surface area contributed by atoms with Crippen LogP contribution in [0, 0.1) is 22.6 Å². The van der Waals surface area contributed by atoms with Crippen LogP contribution in [0.2, 0.25) is 0 Å². The zero-order valence-electron chi connectivity index (χ0n) is 44.6. The molecule has 0 unspecified atom stereocenters. The Morgan fingerprint density at radius 2 is 1.56 bits per heavy atom. The number of hydrogen-bond acceptors (Lipinski definition) is 18. The molecule has 8 N–H and O–H groups in total. The van der Waals surface area contributed by atoms with Crippen LogP contribution in [0.25, 0.3) is 11.1 Å². The molecule has 2 amide bonds. The number of carboxylic acid groups (broad SMARTS) is 1. The van der Waals surface area contributed by atoms with Crippen LogP contribution >= 0.6 is 0 Å². The standard InChI is InChI=1S/C43H53NO14.C14H11FN2O4/c1-22-26(55-37(51)32(48)30(24-15-11-9-12-16-24)44-38(52)58-39(3,4)5)20-43(53)35(56-36(50)25-17-13-10-14-18-25)33-41(8,34(49)31(47)29(22)40(43,6)7)27(46)19-28-42(33,21-54-28)57-23(2)45;15-10-3-1-2-8(4-10)9-5-11(18)13(16-6-9)14(21)17-7-12(19)20/h9-18,26-28,30-33,35,46-48,53H,19-21H2,1-8H3,(H,44,52);1-6,18H,7H2,(H,17,21)(H,19,20)/t26-,27-,28+,30-,31+,32+,33-,35-,41+,42-,43+;/m0./s1. The summed E-state index contributed by atoms with van der Waals surface area (Å²) < 4.78 is 42.6. The Morgan fingerprint density at radius 3 is 2.13 bits per heavy atom. The number of halogens is 1. The van der Waals surface area contributed by atoms with Crippen molar-refractivity contribution in [3.63, 3.8) is 0 Å². The van der Waals surface area contributed by atoms with Crippen molar-refractivity contribution >= 4 is 41.7 Å². The molecule has 3 aliphatic carbocycles. The van der Waals surface area contributed by atoms with Gasteiger partial charge in [-0.25, -0.2) is 23.8 Å². The molecule has 2 saturated carbocycles. The van der Waals surface area contributed by atoms with E-state index in [9.17, 15) is 63.5 Å². The number of nitrogens with zero attached hydrogens (tertiary/aromatic N) is 1. The lowest BCUT2D eigenvalue weighted by atomic mass is 9.44. The van der Waals surface area contributed by atoms with Crippen molar-refractivity contribution in [2.75, 3.05) is 13.2 Å². The molecule has 3 fully saturated rings. The molecule has 1 aromatic heterocycles. The monoisotopic (exact) mass is 1100 g/mol. The van der Waals surface area contributed by atoms with Crippen molar-refractivity contribution in [3.05, 3.63) is 131 Å². The Balaban J connectivity index is 0.000000359. The summed E-state index contributed by atoms with van der Waals surface area (Å²) >= 11 is 0. The molecule has 0 radical (unpaired) electrons. The van der Waals surface area contributed by atoms with Crippen LogP contribution in [-0.2, 0) is 42.9 Å². The molecule has 22 heteroatoms. The van der Waals surface area contributed by atoms with E-state index < -0.39 is 142 Å². The second-order valence-electron chi connectivity index (χ2n) is 21.8. The Labute approximate surface area is 453 Å². The number of carbonyl (C=O) groups is 7. The van der Waals surface area contributed by atoms with Crippen LogP contribution in [0.5, 0.6) is 5.75 Å². The number of aromatic hydroxyl groups is 1. The largest absolute Gasteiger partial charge is 0.505 e. The maximum atomic E-state index is 14.9. The molecule has 79 heavy (non-hydrogen) atoms. The van der Waals surface area contributed by atoms with Gasteiger partial charge in [0, 0.05) is 36.9 Å². The lowest BCUT2D eigenvalue weighted by molar-refractivity contribution is -0.346. The molecule has 1 saturated heterocycles. The minimum Gasteiger partial charge on any atom is -0.505 e. The molecule has 2 heterocycles. The average molecular weight is 1100 g/mol. The van der Waals surface area contributed by atoms with Crippen LogP contribution in [0.4, 0.5) is 9.18 Å². The van der Waals surface area contributed by atoms with E-state index >= 15 is 0 Å². The fourth-order valence-electron chi connectivity index (χ4n) is 11.3. The van der Waals surface area contributed by atoms with E-state index in [1.807, 2.05) is 0 Å². The SMILES string of the molecule is CC(=O)O[C@@]12CO[C@@H]1C[C@H](O)[C@@]1(C)C(=O)[C@H](O)C3=C(C)[C@@H](OC(=O)[C@H](O)[C@@H](NC(=O)OC(C)(C)C)c4ccccc4)C[C@@](O)([C@@H](OC(=O)c4ccccc4)[C@H]21)C3(C)C.O=C(O)CNC(=O)c1ncc(-c2cccc(F)c2)cc1O. The molecule has 3 aromatic carbocycles. The normalized spacial score (nSPS) is 27.4. The molecular formula is C57H64FN3O18. The van der Waals surface area contributed by atoms with Crippen molar-refractivity contribution in [2.24, 2.45) is 16.7 Å². The number of benzene rings is 3. The number of amides is 2. The Kier molecular flexibility index (Phi) is 16.9. The van der Waals surface area contributed by atoms with Crippen molar-refractivity contribution in [1.29, 1.82) is 0 Å². The lowest BCUT2D eigenvalue weighted by Crippen LogP contribution is -2.81. The van der Waals surface area contributed by atoms with E-state index in [1.54, 1.807) is 89.2 Å². The van der Waals surface area contributed by atoms with E-state index in [4.69, 9.17) is 28.8 Å². The Bertz CT molecular complexity index is 3040. The molecule has 21 nitrogen and oxygen atoms in total. The van der Waals surface area contributed by atoms with E-state index in [-0.39, 0.29) is 35.4 Å². The number of aliphatic hydroxyl groups excluding tert-OH is 3. The molecule has 422 valence electrons. The van der Waals surface area contributed by atoms with E-state index in [0.29, 0.717) is 16.7 Å². The van der Waals surface area contributed by atoms with Gasteiger partial charge in [-0.1, -0.05) is 74.5 Å². The number of ether oxygens (including phenoxy) is 5. The molecule has 0 spiro atoms. The third kappa shape index (κ3) is 11.6. The first-order chi connectivity index (χ1) is 37.0. The second kappa shape index (κ2) is 22.6. The van der Waals surface area contributed by atoms with Gasteiger partial charge in [-0.15, -0.1) is 0 Å². The molecule has 1 aliphatic heterocycles. The molecule has 4 aliphatic rings. The van der Waals surface area contributed by atoms with Gasteiger partial charge < -0.3 is 65.0 Å². The summed E-state index contributed by atoms with van der Waals surface area (Å²) in [7, 11) is 0. The van der Waals surface area contributed by atoms with Crippen molar-refractivity contribution < 1.29 is 92.3 Å². The van der Waals surface area contributed by atoms with Gasteiger partial charge in [-0.2, -0.15) is 0 Å². The highest BCUT2D eigenvalue weighted by Gasteiger charge is 2.78. The first-order valence-electron chi connectivity index (χ1n) is 25.3. The third-order valence-corrected chi connectivity index (χ3v) is 15.2. The zero-order valence-corrected chi connectivity index (χ0v) is 44.6. The van der Waals surface area contributed by atoms with Crippen LogP contribution in [0.15, 0.2) is 108 Å². The molecule has 4 aromatic rings. The number of carboxylic acids is 1. The summed E-state index contributed by atoms with van der Waals surface area (Å²) in [5.41, 5.74) is -7.50. The number of hydrogen-bond donors (Lipinski definition) is 8. The number of aliphatic carboxylic acids is 1. The van der Waals surface area contributed by atoms with Gasteiger partial charge in [0.25, 0.3) is 5.91 Å². The number of rotatable bonds is 12. The van der Waals surface area contributed by atoms with Crippen LogP contribution in [0.3, 0.4) is 0 Å². The van der Waals surface area contributed by atoms with E-state index in [1.165, 1.54) is 56.4 Å². The van der Waals surface area contributed by atoms with Gasteiger partial charge in [0.05, 0.1) is 35.6 Å². The number of nitrogens with one attached hydrogen (secondary N) is 2. The third-order valence-electron chi connectivity index (χ3n) is 15.2. The highest BCUT2D eigenvalue weighted by molar-refractivity contribution is 5.97. The predicted molar refractivity (Wildman–Crippen MR) is 275 cm³/mol. The van der Waals surface area contributed by atoms with Gasteiger partial charge in [-0.05, 0) is 87.2 Å². The van der Waals surface area contributed by atoms with Gasteiger partial charge in [0.15, 0.2) is 23.2 Å². The number of aliphatic hydroxyl groups is 4.